The minimum absolute atomic E-state index is 0.629. The van der Waals surface area contributed by atoms with E-state index in [-0.39, 0.29) is 0 Å². The van der Waals surface area contributed by atoms with Gasteiger partial charge < -0.3 is 0 Å². The Morgan fingerprint density at radius 3 is 1.79 bits per heavy atom. The van der Waals surface area contributed by atoms with Gasteiger partial charge in [0, 0.05) is 4.47 Å². The third-order valence-corrected chi connectivity index (χ3v) is 4.46. The van der Waals surface area contributed by atoms with Crippen LogP contribution in [0, 0.1) is 6.92 Å². The van der Waals surface area contributed by atoms with Crippen molar-refractivity contribution in [3.8, 4) is 22.3 Å². The number of rotatable bonds is 2. The molecule has 0 aromatic heterocycles. The van der Waals surface area contributed by atoms with E-state index in [1.807, 2.05) is 43.3 Å². The number of hydrogen-bond donors (Lipinski definition) is 0. The fraction of sp³-hybridized carbons (Fsp3) is 0.100. The zero-order valence-corrected chi connectivity index (χ0v) is 14.4. The summed E-state index contributed by atoms with van der Waals surface area (Å²) >= 11 is 3.41. The number of benzene rings is 3. The average Bonchev–Trinajstić information content (AvgIpc) is 2.55. The van der Waals surface area contributed by atoms with E-state index in [1.165, 1.54) is 12.1 Å². The predicted octanol–water partition coefficient (Wildman–Crippen LogP) is 7.11. The summed E-state index contributed by atoms with van der Waals surface area (Å²) in [6, 6.07) is 19.3. The molecule has 0 radical (unpaired) electrons. The lowest BCUT2D eigenvalue weighted by Crippen LogP contribution is -2.04. The topological polar surface area (TPSA) is 0 Å². The predicted molar refractivity (Wildman–Crippen MR) is 94.8 cm³/mol. The van der Waals surface area contributed by atoms with Crippen LogP contribution in [0.4, 0.5) is 13.2 Å². The second kappa shape index (κ2) is 6.44. The van der Waals surface area contributed by atoms with Gasteiger partial charge in [-0.3, -0.25) is 0 Å². The molecule has 0 saturated heterocycles. The van der Waals surface area contributed by atoms with Crippen LogP contribution in [0.15, 0.2) is 71.2 Å². The van der Waals surface area contributed by atoms with E-state index in [2.05, 4.69) is 22.0 Å². The molecule has 4 heteroatoms. The van der Waals surface area contributed by atoms with Gasteiger partial charge in [-0.25, -0.2) is 0 Å². The van der Waals surface area contributed by atoms with Gasteiger partial charge in [-0.15, -0.1) is 0 Å². The molecule has 24 heavy (non-hydrogen) atoms. The average molecular weight is 391 g/mol. The third kappa shape index (κ3) is 3.54. The van der Waals surface area contributed by atoms with E-state index in [9.17, 15) is 13.2 Å². The molecule has 3 aromatic carbocycles. The fourth-order valence-electron chi connectivity index (χ4n) is 2.65. The van der Waals surface area contributed by atoms with Crippen molar-refractivity contribution in [3.63, 3.8) is 0 Å². The van der Waals surface area contributed by atoms with Crippen LogP contribution in [-0.4, -0.2) is 0 Å². The first kappa shape index (κ1) is 16.8. The second-order valence-corrected chi connectivity index (χ2v) is 6.53. The van der Waals surface area contributed by atoms with Crippen LogP contribution in [0.3, 0.4) is 0 Å². The number of halogens is 4. The van der Waals surface area contributed by atoms with Gasteiger partial charge in [0.2, 0.25) is 0 Å². The Kier molecular flexibility index (Phi) is 4.50. The summed E-state index contributed by atoms with van der Waals surface area (Å²) in [7, 11) is 0. The molecule has 0 amide bonds. The first-order chi connectivity index (χ1) is 11.3. The van der Waals surface area contributed by atoms with Crippen molar-refractivity contribution >= 4 is 15.9 Å². The smallest absolute Gasteiger partial charge is 0.166 e. The Labute approximate surface area is 147 Å². The number of alkyl halides is 3. The SMILES string of the molecule is Cc1cc(-c2ccc(Br)cc2)ccc1-c1ccc(C(F)(F)F)cc1. The lowest BCUT2D eigenvalue weighted by molar-refractivity contribution is -0.137. The molecule has 0 atom stereocenters. The Balaban J connectivity index is 1.94. The van der Waals surface area contributed by atoms with Crippen molar-refractivity contribution in [2.24, 2.45) is 0 Å². The standard InChI is InChI=1S/C20H14BrF3/c1-13-12-16(14-4-9-18(21)10-5-14)6-11-19(13)15-2-7-17(8-3-15)20(22,23)24/h2-12H,1H3. The first-order valence-corrected chi connectivity index (χ1v) is 8.18. The van der Waals surface area contributed by atoms with E-state index in [0.29, 0.717) is 0 Å². The molecule has 122 valence electrons. The maximum absolute atomic E-state index is 12.7. The molecule has 3 rings (SSSR count). The highest BCUT2D eigenvalue weighted by molar-refractivity contribution is 9.10. The lowest BCUT2D eigenvalue weighted by atomic mass is 9.95. The van der Waals surface area contributed by atoms with Gasteiger partial charge in [-0.05, 0) is 59.0 Å². The molecule has 0 aliphatic rings. The Morgan fingerprint density at radius 1 is 0.708 bits per heavy atom. The molecule has 3 aromatic rings. The van der Waals surface area contributed by atoms with Gasteiger partial charge in [-0.1, -0.05) is 58.4 Å². The van der Waals surface area contributed by atoms with E-state index in [1.54, 1.807) is 0 Å². The molecule has 0 fully saturated rings. The first-order valence-electron chi connectivity index (χ1n) is 7.39. The molecule has 0 aliphatic heterocycles. The van der Waals surface area contributed by atoms with Crippen molar-refractivity contribution in [2.45, 2.75) is 13.1 Å². The van der Waals surface area contributed by atoms with Gasteiger partial charge in [-0.2, -0.15) is 13.2 Å². The van der Waals surface area contributed by atoms with Crippen molar-refractivity contribution in [2.75, 3.05) is 0 Å². The van der Waals surface area contributed by atoms with Crippen molar-refractivity contribution < 1.29 is 13.2 Å². The van der Waals surface area contributed by atoms with Gasteiger partial charge in [0.15, 0.2) is 0 Å². The van der Waals surface area contributed by atoms with Crippen LogP contribution in [0.5, 0.6) is 0 Å². The van der Waals surface area contributed by atoms with E-state index >= 15 is 0 Å². The minimum atomic E-state index is -4.31. The van der Waals surface area contributed by atoms with E-state index in [0.717, 1.165) is 44.4 Å². The zero-order chi connectivity index (χ0) is 17.3. The summed E-state index contributed by atoms with van der Waals surface area (Å²) in [5.41, 5.74) is 4.29. The van der Waals surface area contributed by atoms with Gasteiger partial charge in [0.05, 0.1) is 5.56 Å². The quantitative estimate of drug-likeness (QED) is 0.437. The Bertz CT molecular complexity index is 848. The summed E-state index contributed by atoms with van der Waals surface area (Å²) < 4.78 is 39.0. The Hall–Kier alpha value is -2.07. The van der Waals surface area contributed by atoms with Crippen LogP contribution in [0.25, 0.3) is 22.3 Å². The molecule has 0 heterocycles. The molecule has 0 N–H and O–H groups in total. The van der Waals surface area contributed by atoms with Crippen LogP contribution in [0.1, 0.15) is 11.1 Å². The monoisotopic (exact) mass is 390 g/mol. The zero-order valence-electron chi connectivity index (χ0n) is 12.9. The highest BCUT2D eigenvalue weighted by atomic mass is 79.9. The fourth-order valence-corrected chi connectivity index (χ4v) is 2.91. The maximum Gasteiger partial charge on any atom is 0.416 e. The second-order valence-electron chi connectivity index (χ2n) is 5.61. The molecule has 0 aliphatic carbocycles. The van der Waals surface area contributed by atoms with Crippen molar-refractivity contribution in [1.82, 2.24) is 0 Å². The summed E-state index contributed by atoms with van der Waals surface area (Å²) in [6.07, 6.45) is -4.31. The van der Waals surface area contributed by atoms with Gasteiger partial charge in [0.25, 0.3) is 0 Å². The van der Waals surface area contributed by atoms with Crippen LogP contribution in [0.2, 0.25) is 0 Å². The van der Waals surface area contributed by atoms with E-state index in [4.69, 9.17) is 0 Å². The largest absolute Gasteiger partial charge is 0.416 e. The molecule has 0 spiro atoms. The van der Waals surface area contributed by atoms with Crippen LogP contribution in [-0.2, 0) is 6.18 Å². The number of aryl methyl sites for hydroxylation is 1. The Morgan fingerprint density at radius 2 is 1.25 bits per heavy atom. The van der Waals surface area contributed by atoms with Gasteiger partial charge in [0.1, 0.15) is 0 Å². The lowest BCUT2D eigenvalue weighted by Gasteiger charge is -2.11. The summed E-state index contributed by atoms with van der Waals surface area (Å²) in [6.45, 7) is 1.97. The third-order valence-electron chi connectivity index (χ3n) is 3.93. The molecule has 0 bridgehead atoms. The summed E-state index contributed by atoms with van der Waals surface area (Å²) in [5.74, 6) is 0. The molecular formula is C20H14BrF3. The number of hydrogen-bond acceptors (Lipinski definition) is 0. The molecule has 0 nitrogen and oxygen atoms in total. The molecular weight excluding hydrogens is 377 g/mol. The summed E-state index contributed by atoms with van der Waals surface area (Å²) in [5, 5.41) is 0. The van der Waals surface area contributed by atoms with Gasteiger partial charge >= 0.3 is 6.18 Å². The highest BCUT2D eigenvalue weighted by Crippen LogP contribution is 2.33. The normalized spacial score (nSPS) is 11.5. The van der Waals surface area contributed by atoms with Crippen LogP contribution >= 0.6 is 15.9 Å². The molecule has 0 unspecified atom stereocenters. The molecule has 0 saturated carbocycles. The summed E-state index contributed by atoms with van der Waals surface area (Å²) in [4.78, 5) is 0. The van der Waals surface area contributed by atoms with Crippen molar-refractivity contribution in [3.05, 3.63) is 82.3 Å². The highest BCUT2D eigenvalue weighted by Gasteiger charge is 2.29. The van der Waals surface area contributed by atoms with Crippen molar-refractivity contribution in [1.29, 1.82) is 0 Å². The van der Waals surface area contributed by atoms with E-state index < -0.39 is 11.7 Å². The minimum Gasteiger partial charge on any atom is -0.166 e. The van der Waals surface area contributed by atoms with Crippen LogP contribution < -0.4 is 0 Å². The maximum atomic E-state index is 12.7.